The van der Waals surface area contributed by atoms with Gasteiger partial charge in [-0.05, 0) is 0 Å². The van der Waals surface area contributed by atoms with Crippen molar-refractivity contribution in [1.82, 2.24) is 0 Å². The highest BCUT2D eigenvalue weighted by molar-refractivity contribution is 7.20. The van der Waals surface area contributed by atoms with Crippen LogP contribution >= 0.6 is 22.7 Å². The van der Waals surface area contributed by atoms with Gasteiger partial charge in [0.25, 0.3) is 5.00 Å². The standard InChI is InChI=1S/C14N4O2S2/c1-18-14-6(3-16)9-11(20)12-8(10(19)13(9)22-14)5(2-15)7(4-17)21-12. The molecule has 0 N–H and O–H groups in total. The maximum Gasteiger partial charge on any atom is 0.260 e. The SMILES string of the molecule is [C-]#[N+]c1sc2c(c1C#N)C(=O)c1sc(C#N)c(C#N)c1C2=O. The van der Waals surface area contributed by atoms with Gasteiger partial charge in [-0.3, -0.25) is 9.59 Å². The van der Waals surface area contributed by atoms with Crippen LogP contribution in [0.3, 0.4) is 0 Å². The van der Waals surface area contributed by atoms with Gasteiger partial charge >= 0.3 is 0 Å². The molecule has 1 aliphatic rings. The van der Waals surface area contributed by atoms with E-state index in [-0.39, 0.29) is 41.9 Å². The Morgan fingerprint density at radius 2 is 1.41 bits per heavy atom. The van der Waals surface area contributed by atoms with Crippen molar-refractivity contribution in [3.8, 4) is 18.2 Å². The van der Waals surface area contributed by atoms with E-state index >= 15 is 0 Å². The number of nitrogens with zero attached hydrogens (tertiary/aromatic N) is 4. The molecule has 0 amide bonds. The molecule has 100 valence electrons. The van der Waals surface area contributed by atoms with Crippen LogP contribution in [0.15, 0.2) is 0 Å². The van der Waals surface area contributed by atoms with Crippen LogP contribution in [0.2, 0.25) is 0 Å². The summed E-state index contributed by atoms with van der Waals surface area (Å²) in [6.07, 6.45) is 0. The first kappa shape index (κ1) is 13.7. The van der Waals surface area contributed by atoms with Crippen molar-refractivity contribution in [2.45, 2.75) is 0 Å². The van der Waals surface area contributed by atoms with Crippen LogP contribution in [0.4, 0.5) is 5.00 Å². The zero-order chi connectivity index (χ0) is 16.0. The van der Waals surface area contributed by atoms with Gasteiger partial charge in [0.2, 0.25) is 11.6 Å². The summed E-state index contributed by atoms with van der Waals surface area (Å²) < 4.78 is 0. The van der Waals surface area contributed by atoms with E-state index in [4.69, 9.17) is 22.4 Å². The van der Waals surface area contributed by atoms with Gasteiger partial charge in [-0.1, -0.05) is 0 Å². The molecular weight excluding hydrogens is 320 g/mol. The molecule has 0 atom stereocenters. The Hall–Kier alpha value is -3.30. The molecule has 0 unspecified atom stereocenters. The molecule has 0 bridgehead atoms. The number of carbonyl (C=O) groups excluding carboxylic acids is 2. The van der Waals surface area contributed by atoms with E-state index in [9.17, 15) is 9.59 Å². The largest absolute Gasteiger partial charge is 0.288 e. The number of hydrogen-bond acceptors (Lipinski definition) is 7. The molecule has 3 rings (SSSR count). The maximum atomic E-state index is 12.6. The fourth-order valence-electron chi connectivity index (χ4n) is 2.20. The van der Waals surface area contributed by atoms with Crippen LogP contribution in [0.25, 0.3) is 4.85 Å². The molecule has 0 saturated carbocycles. The van der Waals surface area contributed by atoms with Gasteiger partial charge in [-0.15, -0.1) is 22.7 Å². The average Bonchev–Trinajstić information content (AvgIpc) is 3.10. The zero-order valence-electron chi connectivity index (χ0n) is 10.4. The molecule has 8 heteroatoms. The number of thiophene rings is 2. The molecule has 1 aliphatic carbocycles. The Balaban J connectivity index is 2.42. The minimum atomic E-state index is -0.588. The predicted molar refractivity (Wildman–Crippen MR) is 75.9 cm³/mol. The molecule has 0 radical (unpaired) electrons. The van der Waals surface area contributed by atoms with E-state index in [2.05, 4.69) is 4.85 Å². The number of ketones is 2. The quantitative estimate of drug-likeness (QED) is 0.591. The third-order valence-corrected chi connectivity index (χ3v) is 5.27. The van der Waals surface area contributed by atoms with Crippen molar-refractivity contribution in [1.29, 1.82) is 15.8 Å². The third kappa shape index (κ3) is 1.48. The fraction of sp³-hybridized carbons (Fsp3) is 0. The fourth-order valence-corrected chi connectivity index (χ4v) is 4.17. The van der Waals surface area contributed by atoms with Gasteiger partial charge in [-0.25, -0.2) is 4.85 Å². The smallest absolute Gasteiger partial charge is 0.260 e. The highest BCUT2D eigenvalue weighted by atomic mass is 32.1. The monoisotopic (exact) mass is 320 g/mol. The van der Waals surface area contributed by atoms with Crippen molar-refractivity contribution in [2.24, 2.45) is 0 Å². The molecular formula is C14N4O2S2. The summed E-state index contributed by atoms with van der Waals surface area (Å²) in [6.45, 7) is 7.04. The summed E-state index contributed by atoms with van der Waals surface area (Å²) in [6, 6.07) is 5.36. The molecule has 2 aromatic rings. The van der Waals surface area contributed by atoms with E-state index < -0.39 is 11.6 Å². The first-order chi connectivity index (χ1) is 10.6. The average molecular weight is 320 g/mol. The molecule has 22 heavy (non-hydrogen) atoms. The summed E-state index contributed by atoms with van der Waals surface area (Å²) in [5.41, 5.74) is -0.428. The van der Waals surface area contributed by atoms with Gasteiger partial charge in [0.05, 0.1) is 44.6 Å². The van der Waals surface area contributed by atoms with Crippen molar-refractivity contribution < 1.29 is 9.59 Å². The molecule has 0 fully saturated rings. The summed E-state index contributed by atoms with van der Waals surface area (Å²) in [5.74, 6) is -1.18. The molecule has 0 spiro atoms. The minimum absolute atomic E-state index is 0.00624. The van der Waals surface area contributed by atoms with Crippen LogP contribution in [-0.4, -0.2) is 11.6 Å². The van der Waals surface area contributed by atoms with Crippen molar-refractivity contribution >= 4 is 39.2 Å². The molecule has 0 saturated heterocycles. The van der Waals surface area contributed by atoms with Crippen molar-refractivity contribution in [2.75, 3.05) is 0 Å². The Morgan fingerprint density at radius 1 is 0.864 bits per heavy atom. The molecule has 0 aromatic carbocycles. The van der Waals surface area contributed by atoms with Crippen molar-refractivity contribution in [3.05, 3.63) is 48.3 Å². The topological polar surface area (TPSA) is 110 Å². The lowest BCUT2D eigenvalue weighted by Gasteiger charge is -2.10. The van der Waals surface area contributed by atoms with Crippen LogP contribution in [0.5, 0.6) is 0 Å². The minimum Gasteiger partial charge on any atom is -0.288 e. The van der Waals surface area contributed by atoms with Crippen LogP contribution in [0, 0.1) is 40.6 Å². The predicted octanol–water partition coefficient (Wildman–Crippen LogP) is 2.75. The van der Waals surface area contributed by atoms with Gasteiger partial charge in [0.1, 0.15) is 17.0 Å². The van der Waals surface area contributed by atoms with Crippen LogP contribution < -0.4 is 0 Å². The normalized spacial score (nSPS) is 11.6. The molecule has 0 aliphatic heterocycles. The number of carbonyl (C=O) groups is 2. The number of fused-ring (bicyclic) bond motifs is 2. The second-order valence-electron chi connectivity index (χ2n) is 4.10. The van der Waals surface area contributed by atoms with E-state index in [0.717, 1.165) is 22.7 Å². The van der Waals surface area contributed by atoms with Crippen LogP contribution in [-0.2, 0) is 0 Å². The maximum absolute atomic E-state index is 12.6. The Morgan fingerprint density at radius 3 is 1.91 bits per heavy atom. The van der Waals surface area contributed by atoms with Crippen molar-refractivity contribution in [3.63, 3.8) is 0 Å². The summed E-state index contributed by atoms with van der Waals surface area (Å²) in [4.78, 5) is 28.2. The highest BCUT2D eigenvalue weighted by Gasteiger charge is 2.39. The lowest BCUT2D eigenvalue weighted by Crippen LogP contribution is -2.18. The van der Waals surface area contributed by atoms with Gasteiger partial charge in [0, 0.05) is 0 Å². The van der Waals surface area contributed by atoms with Gasteiger partial charge in [0.15, 0.2) is 0 Å². The lowest BCUT2D eigenvalue weighted by atomic mass is 9.90. The second kappa shape index (κ2) is 4.62. The number of hydrogen-bond donors (Lipinski definition) is 0. The number of rotatable bonds is 0. The Bertz CT molecular complexity index is 975. The van der Waals surface area contributed by atoms with E-state index in [1.54, 1.807) is 18.2 Å². The van der Waals surface area contributed by atoms with Gasteiger partial charge in [-0.2, -0.15) is 15.8 Å². The zero-order valence-corrected chi connectivity index (χ0v) is 12.1. The van der Waals surface area contributed by atoms with E-state index in [1.807, 2.05) is 0 Å². The van der Waals surface area contributed by atoms with E-state index in [1.165, 1.54) is 0 Å². The molecule has 2 heterocycles. The number of nitriles is 3. The van der Waals surface area contributed by atoms with E-state index in [0.29, 0.717) is 0 Å². The highest BCUT2D eigenvalue weighted by Crippen LogP contribution is 2.44. The first-order valence-corrected chi connectivity index (χ1v) is 7.23. The second-order valence-corrected chi connectivity index (χ2v) is 6.12. The lowest BCUT2D eigenvalue weighted by molar-refractivity contribution is 0.0985. The third-order valence-electron chi connectivity index (χ3n) is 3.09. The Labute approximate surface area is 131 Å². The summed E-state index contributed by atoms with van der Waals surface area (Å²) in [5, 5.41) is 27.3. The Kier molecular flexibility index (Phi) is 2.87. The molecule has 2 aromatic heterocycles. The van der Waals surface area contributed by atoms with Gasteiger partial charge < -0.3 is 0 Å². The summed E-state index contributed by atoms with van der Waals surface area (Å²) in [7, 11) is 0. The summed E-state index contributed by atoms with van der Waals surface area (Å²) >= 11 is 1.53. The molecule has 6 nitrogen and oxygen atoms in total. The van der Waals surface area contributed by atoms with Crippen LogP contribution in [0.1, 0.15) is 46.5 Å². The first-order valence-electron chi connectivity index (χ1n) is 5.59.